The molecule has 0 spiro atoms. The number of thiophene rings is 1. The summed E-state index contributed by atoms with van der Waals surface area (Å²) in [6.45, 7) is 8.01. The van der Waals surface area contributed by atoms with E-state index in [9.17, 15) is 4.79 Å². The number of carbonyl (C=O) groups excluding carboxylic acids is 1. The number of nitrogens with zero attached hydrogens (tertiary/aromatic N) is 1. The van der Waals surface area contributed by atoms with E-state index in [1.54, 1.807) is 6.20 Å². The zero-order valence-electron chi connectivity index (χ0n) is 11.7. The Hall–Kier alpha value is -1.62. The summed E-state index contributed by atoms with van der Waals surface area (Å²) in [6.07, 6.45) is 2.60. The molecule has 0 unspecified atom stereocenters. The number of rotatable bonds is 3. The number of nitrogens with one attached hydrogen (secondary N) is 1. The molecule has 0 atom stereocenters. The number of hydrogen-bond donors (Lipinski definition) is 2. The minimum absolute atomic E-state index is 0.119. The smallest absolute Gasteiger partial charge is 0.263 e. The quantitative estimate of drug-likeness (QED) is 0.905. The first-order valence-corrected chi connectivity index (χ1v) is 7.13. The number of anilines is 1. The predicted molar refractivity (Wildman–Crippen MR) is 80.6 cm³/mol. The van der Waals surface area contributed by atoms with E-state index in [1.165, 1.54) is 11.3 Å². The molecule has 2 rings (SSSR count). The lowest BCUT2D eigenvalue weighted by Gasteiger charge is -2.24. The Morgan fingerprint density at radius 1 is 1.53 bits per heavy atom. The molecule has 0 aromatic carbocycles. The van der Waals surface area contributed by atoms with Crippen LogP contribution in [0.15, 0.2) is 12.3 Å². The van der Waals surface area contributed by atoms with Crippen LogP contribution in [0, 0.1) is 6.92 Å². The number of fused-ring (bicyclic) bond motifs is 1. The van der Waals surface area contributed by atoms with Crippen molar-refractivity contribution < 1.29 is 4.79 Å². The van der Waals surface area contributed by atoms with Crippen molar-refractivity contribution >= 4 is 33.1 Å². The summed E-state index contributed by atoms with van der Waals surface area (Å²) in [5, 5.41) is 3.90. The number of amides is 1. The van der Waals surface area contributed by atoms with Gasteiger partial charge in [-0.2, -0.15) is 0 Å². The first kappa shape index (κ1) is 13.8. The van der Waals surface area contributed by atoms with Crippen molar-refractivity contribution in [3.05, 3.63) is 22.7 Å². The van der Waals surface area contributed by atoms with Crippen molar-refractivity contribution in [2.24, 2.45) is 0 Å². The molecule has 4 nitrogen and oxygen atoms in total. The number of aromatic nitrogens is 1. The number of pyridine rings is 1. The number of nitrogens with two attached hydrogens (primary N) is 1. The zero-order chi connectivity index (χ0) is 14.2. The lowest BCUT2D eigenvalue weighted by Crippen LogP contribution is -2.42. The van der Waals surface area contributed by atoms with E-state index in [1.807, 2.05) is 33.8 Å². The fourth-order valence-electron chi connectivity index (χ4n) is 1.82. The van der Waals surface area contributed by atoms with E-state index < -0.39 is 0 Å². The Bertz CT molecular complexity index is 631. The van der Waals surface area contributed by atoms with Gasteiger partial charge in [0.25, 0.3) is 5.91 Å². The molecule has 0 aliphatic heterocycles. The molecule has 2 heterocycles. The second-order valence-corrected chi connectivity index (χ2v) is 6.34. The molecule has 2 aromatic rings. The molecular formula is C14H19N3OS. The van der Waals surface area contributed by atoms with E-state index in [0.717, 1.165) is 22.2 Å². The van der Waals surface area contributed by atoms with Crippen molar-refractivity contribution in [3.8, 4) is 0 Å². The number of nitrogen functional groups attached to an aromatic ring is 1. The minimum atomic E-state index is -0.234. The van der Waals surface area contributed by atoms with Gasteiger partial charge in [0.2, 0.25) is 0 Å². The van der Waals surface area contributed by atoms with Gasteiger partial charge in [0, 0.05) is 17.1 Å². The van der Waals surface area contributed by atoms with Crippen LogP contribution in [-0.2, 0) is 0 Å². The standard InChI is InChI=1S/C14H19N3OS/c1-5-14(3,4)17-12(18)11-10(15)9-8(2)6-7-16-13(9)19-11/h6-7H,5,15H2,1-4H3,(H,17,18). The summed E-state index contributed by atoms with van der Waals surface area (Å²) in [5.74, 6) is -0.119. The highest BCUT2D eigenvalue weighted by atomic mass is 32.1. The van der Waals surface area contributed by atoms with Gasteiger partial charge in [0.05, 0.1) is 5.69 Å². The third kappa shape index (κ3) is 2.56. The van der Waals surface area contributed by atoms with E-state index in [4.69, 9.17) is 5.73 Å². The lowest BCUT2D eigenvalue weighted by molar-refractivity contribution is 0.0916. The minimum Gasteiger partial charge on any atom is -0.397 e. The van der Waals surface area contributed by atoms with Gasteiger partial charge in [-0.05, 0) is 38.8 Å². The Morgan fingerprint density at radius 2 is 2.21 bits per heavy atom. The summed E-state index contributed by atoms with van der Waals surface area (Å²) >= 11 is 1.35. The normalized spacial score (nSPS) is 11.8. The maximum atomic E-state index is 12.3. The maximum Gasteiger partial charge on any atom is 0.263 e. The molecule has 102 valence electrons. The SMILES string of the molecule is CCC(C)(C)NC(=O)c1sc2nccc(C)c2c1N. The monoisotopic (exact) mass is 277 g/mol. The third-order valence-corrected chi connectivity index (χ3v) is 4.49. The van der Waals surface area contributed by atoms with Crippen LogP contribution < -0.4 is 11.1 Å². The first-order chi connectivity index (χ1) is 8.85. The Labute approximate surface area is 117 Å². The summed E-state index contributed by atoms with van der Waals surface area (Å²) in [6, 6.07) is 1.91. The van der Waals surface area contributed by atoms with Crippen LogP contribution >= 0.6 is 11.3 Å². The van der Waals surface area contributed by atoms with E-state index in [-0.39, 0.29) is 11.4 Å². The van der Waals surface area contributed by atoms with Crippen LogP contribution in [0.25, 0.3) is 10.2 Å². The van der Waals surface area contributed by atoms with Gasteiger partial charge in [-0.25, -0.2) is 4.98 Å². The van der Waals surface area contributed by atoms with Crippen molar-refractivity contribution in [3.63, 3.8) is 0 Å². The summed E-state index contributed by atoms with van der Waals surface area (Å²) in [5.41, 5.74) is 7.46. The second-order valence-electron chi connectivity index (χ2n) is 5.34. The van der Waals surface area contributed by atoms with Crippen LogP contribution in [-0.4, -0.2) is 16.4 Å². The van der Waals surface area contributed by atoms with Crippen LogP contribution in [0.1, 0.15) is 42.4 Å². The molecule has 0 saturated carbocycles. The molecule has 0 fully saturated rings. The predicted octanol–water partition coefficient (Wildman–Crippen LogP) is 3.11. The molecule has 2 aromatic heterocycles. The average Bonchev–Trinajstić information content (AvgIpc) is 2.68. The molecule has 0 bridgehead atoms. The van der Waals surface area contributed by atoms with Gasteiger partial charge in [-0.15, -0.1) is 11.3 Å². The molecule has 0 saturated heterocycles. The maximum absolute atomic E-state index is 12.3. The van der Waals surface area contributed by atoms with Gasteiger partial charge in [-0.3, -0.25) is 4.79 Å². The van der Waals surface area contributed by atoms with Crippen LogP contribution in [0.2, 0.25) is 0 Å². The molecule has 1 amide bonds. The molecule has 0 aliphatic rings. The van der Waals surface area contributed by atoms with Crippen molar-refractivity contribution in [2.75, 3.05) is 5.73 Å². The summed E-state index contributed by atoms with van der Waals surface area (Å²) in [4.78, 5) is 18.0. The largest absolute Gasteiger partial charge is 0.397 e. The molecular weight excluding hydrogens is 258 g/mol. The first-order valence-electron chi connectivity index (χ1n) is 6.32. The van der Waals surface area contributed by atoms with Crippen LogP contribution in [0.5, 0.6) is 0 Å². The zero-order valence-corrected chi connectivity index (χ0v) is 12.5. The van der Waals surface area contributed by atoms with Gasteiger partial charge < -0.3 is 11.1 Å². The van der Waals surface area contributed by atoms with Crippen molar-refractivity contribution in [1.29, 1.82) is 0 Å². The molecule has 0 radical (unpaired) electrons. The topological polar surface area (TPSA) is 68.0 Å². The molecule has 19 heavy (non-hydrogen) atoms. The molecule has 3 N–H and O–H groups in total. The lowest BCUT2D eigenvalue weighted by atomic mass is 10.0. The van der Waals surface area contributed by atoms with Gasteiger partial charge in [-0.1, -0.05) is 6.92 Å². The fraction of sp³-hybridized carbons (Fsp3) is 0.429. The summed E-state index contributed by atoms with van der Waals surface area (Å²) < 4.78 is 0. The highest BCUT2D eigenvalue weighted by Crippen LogP contribution is 2.34. The molecule has 0 aliphatic carbocycles. The van der Waals surface area contributed by atoms with Crippen LogP contribution in [0.4, 0.5) is 5.69 Å². The number of carbonyl (C=O) groups is 1. The Kier molecular flexibility index (Phi) is 3.49. The Balaban J connectivity index is 2.44. The Morgan fingerprint density at radius 3 is 2.79 bits per heavy atom. The molecule has 5 heteroatoms. The highest BCUT2D eigenvalue weighted by Gasteiger charge is 2.23. The van der Waals surface area contributed by atoms with E-state index in [0.29, 0.717) is 10.6 Å². The average molecular weight is 277 g/mol. The fourth-order valence-corrected chi connectivity index (χ4v) is 2.86. The van der Waals surface area contributed by atoms with E-state index in [2.05, 4.69) is 10.3 Å². The summed E-state index contributed by atoms with van der Waals surface area (Å²) in [7, 11) is 0. The highest BCUT2D eigenvalue weighted by molar-refractivity contribution is 7.21. The third-order valence-electron chi connectivity index (χ3n) is 3.38. The van der Waals surface area contributed by atoms with Crippen molar-refractivity contribution in [1.82, 2.24) is 10.3 Å². The number of hydrogen-bond acceptors (Lipinski definition) is 4. The van der Waals surface area contributed by atoms with Gasteiger partial charge in [0.15, 0.2) is 0 Å². The van der Waals surface area contributed by atoms with Gasteiger partial charge >= 0.3 is 0 Å². The van der Waals surface area contributed by atoms with Crippen LogP contribution in [0.3, 0.4) is 0 Å². The second kappa shape index (κ2) is 4.81. The van der Waals surface area contributed by atoms with Gasteiger partial charge in [0.1, 0.15) is 9.71 Å². The van der Waals surface area contributed by atoms with E-state index >= 15 is 0 Å². The van der Waals surface area contributed by atoms with Crippen molar-refractivity contribution in [2.45, 2.75) is 39.7 Å². The number of aryl methyl sites for hydroxylation is 1.